The summed E-state index contributed by atoms with van der Waals surface area (Å²) in [7, 11) is 0. The third kappa shape index (κ3) is 2.66. The molecule has 0 radical (unpaired) electrons. The molecule has 3 unspecified atom stereocenters. The van der Waals surface area contributed by atoms with Gasteiger partial charge in [0.2, 0.25) is 5.91 Å². The van der Waals surface area contributed by atoms with E-state index in [1.807, 2.05) is 12.1 Å². The minimum absolute atomic E-state index is 0.00952. The summed E-state index contributed by atoms with van der Waals surface area (Å²) in [6.45, 7) is 2.91. The van der Waals surface area contributed by atoms with Crippen molar-refractivity contribution in [3.63, 3.8) is 0 Å². The largest absolute Gasteiger partial charge is 0.378 e. The number of benzene rings is 1. The van der Waals surface area contributed by atoms with Gasteiger partial charge in [0.1, 0.15) is 0 Å². The Labute approximate surface area is 131 Å². The van der Waals surface area contributed by atoms with Crippen molar-refractivity contribution in [1.82, 2.24) is 4.90 Å². The van der Waals surface area contributed by atoms with Crippen LogP contribution in [0.15, 0.2) is 24.3 Å². The molecule has 0 aromatic heterocycles. The van der Waals surface area contributed by atoms with Crippen molar-refractivity contribution >= 4 is 11.6 Å². The highest BCUT2D eigenvalue weighted by molar-refractivity contribution is 5.96. The summed E-state index contributed by atoms with van der Waals surface area (Å²) >= 11 is 0. The van der Waals surface area contributed by atoms with Crippen LogP contribution in [0, 0.1) is 5.92 Å². The normalized spacial score (nSPS) is 32.5. The van der Waals surface area contributed by atoms with Crippen LogP contribution < -0.4 is 5.32 Å². The van der Waals surface area contributed by atoms with E-state index >= 15 is 0 Å². The lowest BCUT2D eigenvalue weighted by Crippen LogP contribution is -2.53. The summed E-state index contributed by atoms with van der Waals surface area (Å²) in [6.07, 6.45) is 5.80. The molecule has 118 valence electrons. The van der Waals surface area contributed by atoms with Crippen molar-refractivity contribution < 1.29 is 9.53 Å². The first-order valence-corrected chi connectivity index (χ1v) is 8.56. The molecule has 4 heteroatoms. The number of piperidine rings is 1. The first-order valence-electron chi connectivity index (χ1n) is 8.56. The lowest BCUT2D eigenvalue weighted by molar-refractivity contribution is -0.125. The number of fused-ring (bicyclic) bond motifs is 2. The van der Waals surface area contributed by atoms with E-state index < -0.39 is 0 Å². The maximum absolute atomic E-state index is 12.7. The Hall–Kier alpha value is -1.39. The molecule has 0 bridgehead atoms. The quantitative estimate of drug-likeness (QED) is 0.866. The number of aryl methyl sites for hydroxylation is 1. The highest BCUT2D eigenvalue weighted by atomic mass is 16.5. The van der Waals surface area contributed by atoms with Gasteiger partial charge in [0.25, 0.3) is 0 Å². The number of rotatable bonds is 1. The maximum atomic E-state index is 12.7. The molecule has 22 heavy (non-hydrogen) atoms. The van der Waals surface area contributed by atoms with Gasteiger partial charge in [0, 0.05) is 25.4 Å². The molecule has 3 aliphatic heterocycles. The Morgan fingerprint density at radius 3 is 3.05 bits per heavy atom. The van der Waals surface area contributed by atoms with Crippen LogP contribution >= 0.6 is 0 Å². The molecule has 0 aliphatic carbocycles. The van der Waals surface area contributed by atoms with E-state index in [4.69, 9.17) is 4.74 Å². The maximum Gasteiger partial charge on any atom is 0.241 e. The summed E-state index contributed by atoms with van der Waals surface area (Å²) in [5.74, 6) is 0.779. The third-order valence-electron chi connectivity index (χ3n) is 5.45. The topological polar surface area (TPSA) is 41.6 Å². The monoisotopic (exact) mass is 300 g/mol. The zero-order chi connectivity index (χ0) is 14.9. The summed E-state index contributed by atoms with van der Waals surface area (Å²) in [4.78, 5) is 15.1. The Balaban J connectivity index is 1.48. The summed E-state index contributed by atoms with van der Waals surface area (Å²) in [6, 6.07) is 8.19. The van der Waals surface area contributed by atoms with Crippen LogP contribution in [0.5, 0.6) is 0 Å². The van der Waals surface area contributed by atoms with Crippen LogP contribution in [0.3, 0.4) is 0 Å². The van der Waals surface area contributed by atoms with Crippen molar-refractivity contribution in [3.8, 4) is 0 Å². The van der Waals surface area contributed by atoms with Crippen LogP contribution in [0.4, 0.5) is 5.69 Å². The van der Waals surface area contributed by atoms with Gasteiger partial charge in [-0.05, 0) is 49.7 Å². The number of carbonyl (C=O) groups excluding carboxylic acids is 1. The van der Waals surface area contributed by atoms with Crippen LogP contribution in [0.25, 0.3) is 0 Å². The van der Waals surface area contributed by atoms with Crippen LogP contribution in [-0.4, -0.2) is 42.6 Å². The summed E-state index contributed by atoms with van der Waals surface area (Å²) < 4.78 is 5.89. The molecule has 1 N–H and O–H groups in total. The van der Waals surface area contributed by atoms with E-state index in [0.29, 0.717) is 12.0 Å². The van der Waals surface area contributed by atoms with Gasteiger partial charge in [0.05, 0.1) is 12.1 Å². The van der Waals surface area contributed by atoms with Gasteiger partial charge in [-0.2, -0.15) is 0 Å². The molecular formula is C18H24N2O2. The van der Waals surface area contributed by atoms with Gasteiger partial charge in [-0.25, -0.2) is 0 Å². The fourth-order valence-electron chi connectivity index (χ4n) is 4.25. The Kier molecular flexibility index (Phi) is 3.89. The molecular weight excluding hydrogens is 276 g/mol. The van der Waals surface area contributed by atoms with Crippen LogP contribution in [0.1, 0.15) is 31.2 Å². The number of amides is 1. The second kappa shape index (κ2) is 6.01. The molecule has 4 nitrogen and oxygen atoms in total. The smallest absolute Gasteiger partial charge is 0.241 e. The van der Waals surface area contributed by atoms with Gasteiger partial charge in [0.15, 0.2) is 0 Å². The van der Waals surface area contributed by atoms with Gasteiger partial charge in [-0.3, -0.25) is 9.69 Å². The van der Waals surface area contributed by atoms with E-state index in [1.165, 1.54) is 12.0 Å². The first kappa shape index (κ1) is 14.2. The van der Waals surface area contributed by atoms with Crippen molar-refractivity contribution in [1.29, 1.82) is 0 Å². The average Bonchev–Trinajstić information content (AvgIpc) is 2.72. The lowest BCUT2D eigenvalue weighted by atomic mass is 9.87. The second-order valence-corrected chi connectivity index (χ2v) is 6.80. The minimum atomic E-state index is 0.00952. The van der Waals surface area contributed by atoms with Gasteiger partial charge < -0.3 is 10.1 Å². The Bertz CT molecular complexity index is 560. The number of hydrogen-bond acceptors (Lipinski definition) is 3. The van der Waals surface area contributed by atoms with E-state index in [0.717, 1.165) is 51.1 Å². The molecule has 4 rings (SSSR count). The van der Waals surface area contributed by atoms with Crippen molar-refractivity contribution in [2.45, 2.75) is 44.2 Å². The zero-order valence-electron chi connectivity index (χ0n) is 13.0. The van der Waals surface area contributed by atoms with Gasteiger partial charge >= 0.3 is 0 Å². The highest BCUT2D eigenvalue weighted by Crippen LogP contribution is 2.31. The molecule has 3 atom stereocenters. The number of hydrogen-bond donors (Lipinski definition) is 1. The Morgan fingerprint density at radius 2 is 2.09 bits per heavy atom. The predicted octanol–water partition coefficient (Wildman–Crippen LogP) is 2.44. The van der Waals surface area contributed by atoms with E-state index in [-0.39, 0.29) is 11.9 Å². The fraction of sp³-hybridized carbons (Fsp3) is 0.611. The number of ether oxygens (including phenoxy) is 1. The Morgan fingerprint density at radius 1 is 1.18 bits per heavy atom. The molecule has 0 spiro atoms. The van der Waals surface area contributed by atoms with Crippen molar-refractivity contribution in [3.05, 3.63) is 29.8 Å². The number of anilines is 1. The number of para-hydroxylation sites is 1. The van der Waals surface area contributed by atoms with Gasteiger partial charge in [-0.1, -0.05) is 18.2 Å². The highest BCUT2D eigenvalue weighted by Gasteiger charge is 2.37. The standard InChI is InChI=1S/C18H24N2O2/c21-18-16(8-7-13-4-1-2-6-15(13)19-18)20-10-9-17-14(12-20)5-3-11-22-17/h1-2,4,6,14,16-17H,3,5,7-12H2,(H,19,21). The molecule has 3 aliphatic rings. The SMILES string of the molecule is O=C1Nc2ccccc2CCC1N1CCC2OCCCC2C1. The molecule has 1 aromatic carbocycles. The van der Waals surface area contributed by atoms with E-state index in [9.17, 15) is 4.79 Å². The number of carbonyl (C=O) groups is 1. The number of nitrogens with zero attached hydrogens (tertiary/aromatic N) is 1. The van der Waals surface area contributed by atoms with Crippen molar-refractivity contribution in [2.24, 2.45) is 5.92 Å². The molecule has 2 saturated heterocycles. The molecule has 1 amide bonds. The fourth-order valence-corrected chi connectivity index (χ4v) is 4.25. The third-order valence-corrected chi connectivity index (χ3v) is 5.45. The van der Waals surface area contributed by atoms with Crippen LogP contribution in [-0.2, 0) is 16.0 Å². The predicted molar refractivity (Wildman–Crippen MR) is 85.8 cm³/mol. The summed E-state index contributed by atoms with van der Waals surface area (Å²) in [5, 5.41) is 3.13. The number of likely N-dealkylation sites (tertiary alicyclic amines) is 1. The lowest BCUT2D eigenvalue weighted by Gasteiger charge is -2.43. The molecule has 1 aromatic rings. The number of nitrogens with one attached hydrogen (secondary N) is 1. The molecule has 2 fully saturated rings. The van der Waals surface area contributed by atoms with Crippen LogP contribution in [0.2, 0.25) is 0 Å². The summed E-state index contributed by atoms with van der Waals surface area (Å²) in [5.41, 5.74) is 2.25. The van der Waals surface area contributed by atoms with E-state index in [2.05, 4.69) is 22.3 Å². The van der Waals surface area contributed by atoms with Crippen molar-refractivity contribution in [2.75, 3.05) is 25.0 Å². The minimum Gasteiger partial charge on any atom is -0.378 e. The zero-order valence-corrected chi connectivity index (χ0v) is 13.0. The van der Waals surface area contributed by atoms with Gasteiger partial charge in [-0.15, -0.1) is 0 Å². The average molecular weight is 300 g/mol. The first-order chi connectivity index (χ1) is 10.8. The molecule has 0 saturated carbocycles. The molecule has 3 heterocycles. The van der Waals surface area contributed by atoms with E-state index in [1.54, 1.807) is 0 Å². The second-order valence-electron chi connectivity index (χ2n) is 6.80.